The Labute approximate surface area is 134 Å². The predicted molar refractivity (Wildman–Crippen MR) is 82.3 cm³/mol. The highest BCUT2D eigenvalue weighted by Gasteiger charge is 2.22. The zero-order valence-corrected chi connectivity index (χ0v) is 13.8. The molecule has 2 N–H and O–H groups in total. The first-order valence-electron chi connectivity index (χ1n) is 7.02. The maximum atomic E-state index is 12.3. The molecule has 2 rings (SSSR count). The number of hydrogen-bond donors (Lipinski definition) is 2. The van der Waals surface area contributed by atoms with E-state index in [4.69, 9.17) is 4.74 Å². The summed E-state index contributed by atoms with van der Waals surface area (Å²) in [5.74, 6) is -0.574. The molecule has 0 radical (unpaired) electrons. The van der Waals surface area contributed by atoms with Crippen LogP contribution >= 0.6 is 0 Å². The van der Waals surface area contributed by atoms with Crippen LogP contribution in [0.25, 0.3) is 0 Å². The summed E-state index contributed by atoms with van der Waals surface area (Å²) in [5.41, 5.74) is 0.964. The Hall–Kier alpha value is -2.26. The van der Waals surface area contributed by atoms with E-state index in [1.165, 1.54) is 12.1 Å². The van der Waals surface area contributed by atoms with Gasteiger partial charge in [-0.05, 0) is 32.9 Å². The number of aryl methyl sites for hydroxylation is 1. The van der Waals surface area contributed by atoms with Gasteiger partial charge in [0.25, 0.3) is 5.82 Å². The van der Waals surface area contributed by atoms with Crippen molar-refractivity contribution in [1.82, 2.24) is 19.9 Å². The Morgan fingerprint density at radius 1 is 1.35 bits per heavy atom. The summed E-state index contributed by atoms with van der Waals surface area (Å²) < 4.78 is 31.9. The molecule has 0 saturated heterocycles. The molecule has 0 fully saturated rings. The molecule has 1 atom stereocenters. The Morgan fingerprint density at radius 2 is 2.00 bits per heavy atom. The molecule has 23 heavy (non-hydrogen) atoms. The molecule has 2 aromatic rings. The summed E-state index contributed by atoms with van der Waals surface area (Å²) >= 11 is 0. The van der Waals surface area contributed by atoms with Gasteiger partial charge in [0.15, 0.2) is 0 Å². The maximum absolute atomic E-state index is 12.3. The van der Waals surface area contributed by atoms with Gasteiger partial charge < -0.3 is 4.74 Å². The van der Waals surface area contributed by atoms with Gasteiger partial charge in [-0.1, -0.05) is 17.7 Å². The predicted octanol–water partition coefficient (Wildman–Crippen LogP) is 1.33. The fourth-order valence-electron chi connectivity index (χ4n) is 1.83. The highest BCUT2D eigenvalue weighted by Crippen LogP contribution is 2.15. The lowest BCUT2D eigenvalue weighted by Gasteiger charge is -2.11. The van der Waals surface area contributed by atoms with Crippen LogP contribution in [0.1, 0.15) is 41.9 Å². The number of nitrogens with one attached hydrogen (secondary N) is 2. The molecule has 0 amide bonds. The molecule has 1 heterocycles. The van der Waals surface area contributed by atoms with E-state index in [1.807, 2.05) is 6.92 Å². The minimum absolute atomic E-state index is 0.136. The normalized spacial score (nSPS) is 12.8. The van der Waals surface area contributed by atoms with Crippen LogP contribution in [0.3, 0.4) is 0 Å². The van der Waals surface area contributed by atoms with Gasteiger partial charge in [-0.25, -0.2) is 22.9 Å². The number of H-pyrrole nitrogens is 1. The van der Waals surface area contributed by atoms with E-state index in [0.717, 1.165) is 5.56 Å². The monoisotopic (exact) mass is 338 g/mol. The third kappa shape index (κ3) is 4.14. The van der Waals surface area contributed by atoms with E-state index in [1.54, 1.807) is 26.0 Å². The van der Waals surface area contributed by atoms with Gasteiger partial charge in [0.1, 0.15) is 5.82 Å². The number of carbonyl (C=O) groups excluding carboxylic acids is 1. The Balaban J connectivity index is 2.13. The third-order valence-corrected chi connectivity index (χ3v) is 4.59. The quantitative estimate of drug-likeness (QED) is 0.768. The van der Waals surface area contributed by atoms with Gasteiger partial charge in [-0.3, -0.25) is 5.10 Å². The number of esters is 1. The van der Waals surface area contributed by atoms with Crippen molar-refractivity contribution in [3.8, 4) is 0 Å². The highest BCUT2D eigenvalue weighted by atomic mass is 32.2. The Bertz CT molecular complexity index is 783. The molecule has 1 unspecified atom stereocenters. The van der Waals surface area contributed by atoms with E-state index in [9.17, 15) is 13.2 Å². The van der Waals surface area contributed by atoms with Crippen molar-refractivity contribution in [1.29, 1.82) is 0 Å². The van der Waals surface area contributed by atoms with E-state index in [2.05, 4.69) is 19.9 Å². The van der Waals surface area contributed by atoms with Crippen LogP contribution in [-0.4, -0.2) is 36.2 Å². The van der Waals surface area contributed by atoms with Gasteiger partial charge >= 0.3 is 5.97 Å². The lowest BCUT2D eigenvalue weighted by molar-refractivity contribution is 0.0512. The Morgan fingerprint density at radius 3 is 2.61 bits per heavy atom. The smallest absolute Gasteiger partial charge is 0.378 e. The molecule has 0 aliphatic heterocycles. The van der Waals surface area contributed by atoms with Gasteiger partial charge in [0.2, 0.25) is 10.0 Å². The second-order valence-electron chi connectivity index (χ2n) is 4.92. The first-order chi connectivity index (χ1) is 10.8. The zero-order chi connectivity index (χ0) is 17.0. The van der Waals surface area contributed by atoms with Crippen molar-refractivity contribution in [2.45, 2.75) is 31.7 Å². The van der Waals surface area contributed by atoms with Crippen molar-refractivity contribution in [2.24, 2.45) is 0 Å². The standard InChI is InChI=1S/C14H18N4O4S/c1-4-22-14(19)13-15-12(16-17-13)10(3)18-23(20,21)11-7-5-9(2)6-8-11/h5-8,10,18H,4H2,1-3H3,(H,15,16,17). The molecule has 0 spiro atoms. The molecule has 1 aromatic carbocycles. The highest BCUT2D eigenvalue weighted by molar-refractivity contribution is 7.89. The topological polar surface area (TPSA) is 114 Å². The summed E-state index contributed by atoms with van der Waals surface area (Å²) in [5, 5.41) is 6.26. The summed E-state index contributed by atoms with van der Waals surface area (Å²) in [6.45, 7) is 5.35. The number of aromatic amines is 1. The second kappa shape index (κ2) is 6.88. The van der Waals surface area contributed by atoms with Crippen molar-refractivity contribution in [3.05, 3.63) is 41.5 Å². The Kier molecular flexibility index (Phi) is 5.12. The molecule has 0 bridgehead atoms. The van der Waals surface area contributed by atoms with Crippen molar-refractivity contribution < 1.29 is 17.9 Å². The van der Waals surface area contributed by atoms with E-state index in [-0.39, 0.29) is 23.2 Å². The largest absolute Gasteiger partial charge is 0.460 e. The van der Waals surface area contributed by atoms with Crippen molar-refractivity contribution in [3.63, 3.8) is 0 Å². The summed E-state index contributed by atoms with van der Waals surface area (Å²) in [7, 11) is -3.70. The lowest BCUT2D eigenvalue weighted by Crippen LogP contribution is -2.27. The number of rotatable bonds is 6. The van der Waals surface area contributed by atoms with Crippen LogP contribution in [0.5, 0.6) is 0 Å². The zero-order valence-electron chi connectivity index (χ0n) is 13.0. The molecule has 0 aliphatic rings. The molecule has 8 nitrogen and oxygen atoms in total. The van der Waals surface area contributed by atoms with Crippen LogP contribution in [-0.2, 0) is 14.8 Å². The molecule has 1 aromatic heterocycles. The van der Waals surface area contributed by atoms with Crippen molar-refractivity contribution >= 4 is 16.0 Å². The number of nitrogens with zero attached hydrogens (tertiary/aromatic N) is 2. The molecular formula is C14H18N4O4S. The third-order valence-electron chi connectivity index (χ3n) is 3.03. The fraction of sp³-hybridized carbons (Fsp3) is 0.357. The number of hydrogen-bond acceptors (Lipinski definition) is 6. The first-order valence-corrected chi connectivity index (χ1v) is 8.50. The molecule has 0 saturated carbocycles. The average Bonchev–Trinajstić information content (AvgIpc) is 2.97. The first kappa shape index (κ1) is 17.1. The lowest BCUT2D eigenvalue weighted by atomic mass is 10.2. The SMILES string of the molecule is CCOC(=O)c1n[nH]c(C(C)NS(=O)(=O)c2ccc(C)cc2)n1. The van der Waals surface area contributed by atoms with E-state index < -0.39 is 22.0 Å². The van der Waals surface area contributed by atoms with Gasteiger partial charge in [0.05, 0.1) is 17.5 Å². The summed E-state index contributed by atoms with van der Waals surface area (Å²) in [4.78, 5) is 15.6. The van der Waals surface area contributed by atoms with Crippen LogP contribution in [0.4, 0.5) is 0 Å². The second-order valence-corrected chi connectivity index (χ2v) is 6.63. The minimum atomic E-state index is -3.70. The molecule has 9 heteroatoms. The molecule has 124 valence electrons. The molecular weight excluding hydrogens is 320 g/mol. The van der Waals surface area contributed by atoms with Crippen molar-refractivity contribution in [2.75, 3.05) is 6.61 Å². The number of ether oxygens (including phenoxy) is 1. The number of carbonyl (C=O) groups is 1. The number of sulfonamides is 1. The fourth-order valence-corrected chi connectivity index (χ4v) is 3.04. The maximum Gasteiger partial charge on any atom is 0.378 e. The van der Waals surface area contributed by atoms with E-state index in [0.29, 0.717) is 0 Å². The van der Waals surface area contributed by atoms with Gasteiger partial charge in [0, 0.05) is 0 Å². The minimum Gasteiger partial charge on any atom is -0.460 e. The van der Waals surface area contributed by atoms with Gasteiger partial charge in [-0.15, -0.1) is 5.10 Å². The van der Waals surface area contributed by atoms with Crippen LogP contribution in [0.15, 0.2) is 29.2 Å². The van der Waals surface area contributed by atoms with E-state index >= 15 is 0 Å². The van der Waals surface area contributed by atoms with Crippen LogP contribution in [0.2, 0.25) is 0 Å². The van der Waals surface area contributed by atoms with Gasteiger partial charge in [-0.2, -0.15) is 0 Å². The molecule has 0 aliphatic carbocycles. The van der Waals surface area contributed by atoms with Crippen LogP contribution < -0.4 is 4.72 Å². The number of aromatic nitrogens is 3. The summed E-state index contributed by atoms with van der Waals surface area (Å²) in [6.07, 6.45) is 0. The van der Waals surface area contributed by atoms with Crippen LogP contribution in [0, 0.1) is 6.92 Å². The average molecular weight is 338 g/mol. The number of benzene rings is 1. The summed E-state index contributed by atoms with van der Waals surface area (Å²) in [6, 6.07) is 5.79.